The van der Waals surface area contributed by atoms with Crippen LogP contribution in [0.1, 0.15) is 39.2 Å². The molecule has 0 unspecified atom stereocenters. The van der Waals surface area contributed by atoms with E-state index in [1.54, 1.807) is 17.5 Å². The Morgan fingerprint density at radius 3 is 2.48 bits per heavy atom. The summed E-state index contributed by atoms with van der Waals surface area (Å²) >= 11 is 1.73. The molecule has 1 aliphatic carbocycles. The number of hydrogen-bond acceptors (Lipinski definition) is 4. The highest BCUT2D eigenvalue weighted by Crippen LogP contribution is 2.32. The van der Waals surface area contributed by atoms with Crippen LogP contribution < -0.4 is 5.73 Å². The Morgan fingerprint density at radius 2 is 1.89 bits per heavy atom. The molecule has 0 spiro atoms. The predicted octanol–water partition coefficient (Wildman–Crippen LogP) is 4.81. The fraction of sp³-hybridized carbons (Fsp3) is 0.273. The highest BCUT2D eigenvalue weighted by Gasteiger charge is 2.33. The summed E-state index contributed by atoms with van der Waals surface area (Å²) in [6, 6.07) is 12.3. The molecule has 1 saturated carbocycles. The Labute approximate surface area is 163 Å². The van der Waals surface area contributed by atoms with Gasteiger partial charge < -0.3 is 10.6 Å². The summed E-state index contributed by atoms with van der Waals surface area (Å²) in [5.74, 6) is 0.665. The Morgan fingerprint density at radius 1 is 1.15 bits per heavy atom. The maximum Gasteiger partial charge on any atom is 0.254 e. The number of carbonyl (C=O) groups is 1. The zero-order chi connectivity index (χ0) is 19.0. The fourth-order valence-corrected chi connectivity index (χ4v) is 4.09. The Kier molecular flexibility index (Phi) is 4.70. The van der Waals surface area contributed by atoms with Gasteiger partial charge in [-0.05, 0) is 73.0 Å². The van der Waals surface area contributed by atoms with E-state index in [2.05, 4.69) is 23.4 Å². The quantitative estimate of drug-likeness (QED) is 0.694. The molecule has 1 amide bonds. The van der Waals surface area contributed by atoms with Crippen LogP contribution in [-0.4, -0.2) is 21.8 Å². The van der Waals surface area contributed by atoms with Gasteiger partial charge in [0.25, 0.3) is 5.91 Å². The first-order chi connectivity index (χ1) is 13.0. The minimum Gasteiger partial charge on any atom is -0.383 e. The predicted molar refractivity (Wildman–Crippen MR) is 111 cm³/mol. The third-order valence-corrected chi connectivity index (χ3v) is 6.12. The Balaban J connectivity index is 1.55. The number of pyridine rings is 1. The molecule has 0 saturated heterocycles. The topological polar surface area (TPSA) is 59.2 Å². The van der Waals surface area contributed by atoms with Crippen molar-refractivity contribution in [2.24, 2.45) is 0 Å². The summed E-state index contributed by atoms with van der Waals surface area (Å²) in [6.07, 6.45) is 3.98. The van der Waals surface area contributed by atoms with Gasteiger partial charge in [0.1, 0.15) is 5.82 Å². The summed E-state index contributed by atoms with van der Waals surface area (Å²) in [5, 5.41) is 2.09. The number of anilines is 1. The van der Waals surface area contributed by atoms with Crippen LogP contribution >= 0.6 is 11.3 Å². The molecule has 138 valence electrons. The number of aromatic nitrogens is 1. The summed E-state index contributed by atoms with van der Waals surface area (Å²) in [7, 11) is 0. The molecule has 2 heterocycles. The lowest BCUT2D eigenvalue weighted by atomic mass is 10.0. The second-order valence-corrected chi connectivity index (χ2v) is 8.20. The van der Waals surface area contributed by atoms with E-state index in [0.29, 0.717) is 18.4 Å². The molecule has 3 aromatic rings. The molecule has 4 nitrogen and oxygen atoms in total. The number of rotatable bonds is 5. The lowest BCUT2D eigenvalue weighted by molar-refractivity contribution is 0.0731. The third-order valence-electron chi connectivity index (χ3n) is 5.11. The van der Waals surface area contributed by atoms with Crippen molar-refractivity contribution in [1.29, 1.82) is 0 Å². The van der Waals surface area contributed by atoms with Crippen LogP contribution in [0.15, 0.2) is 48.0 Å². The van der Waals surface area contributed by atoms with Gasteiger partial charge in [-0.3, -0.25) is 4.79 Å². The zero-order valence-electron chi connectivity index (χ0n) is 15.6. The molecule has 4 rings (SSSR count). The number of benzene rings is 1. The summed E-state index contributed by atoms with van der Waals surface area (Å²) in [4.78, 5) is 20.6. The molecule has 27 heavy (non-hydrogen) atoms. The van der Waals surface area contributed by atoms with Crippen molar-refractivity contribution in [3.05, 3.63) is 69.5 Å². The highest BCUT2D eigenvalue weighted by molar-refractivity contribution is 7.10. The number of aryl methyl sites for hydroxylation is 2. The minimum absolute atomic E-state index is 0.114. The molecule has 0 radical (unpaired) electrons. The van der Waals surface area contributed by atoms with E-state index in [9.17, 15) is 4.79 Å². The lowest BCUT2D eigenvalue weighted by Crippen LogP contribution is -2.32. The molecule has 2 aromatic heterocycles. The molecule has 1 fully saturated rings. The summed E-state index contributed by atoms with van der Waals surface area (Å²) in [6.45, 7) is 4.76. The number of nitrogens with two attached hydrogens (primary N) is 1. The van der Waals surface area contributed by atoms with Crippen molar-refractivity contribution in [2.75, 3.05) is 5.73 Å². The lowest BCUT2D eigenvalue weighted by Gasteiger charge is -2.22. The molecule has 1 aliphatic rings. The van der Waals surface area contributed by atoms with Gasteiger partial charge in [0.2, 0.25) is 0 Å². The normalized spacial score (nSPS) is 13.6. The molecular formula is C22H23N3OS. The van der Waals surface area contributed by atoms with Crippen LogP contribution in [0.2, 0.25) is 0 Å². The number of hydrogen-bond donors (Lipinski definition) is 1. The second-order valence-electron chi connectivity index (χ2n) is 7.19. The van der Waals surface area contributed by atoms with Crippen LogP contribution in [0.25, 0.3) is 11.1 Å². The van der Waals surface area contributed by atoms with E-state index >= 15 is 0 Å². The van der Waals surface area contributed by atoms with Gasteiger partial charge in [0, 0.05) is 28.2 Å². The smallest absolute Gasteiger partial charge is 0.254 e. The molecule has 5 heteroatoms. The van der Waals surface area contributed by atoms with E-state index < -0.39 is 0 Å². The van der Waals surface area contributed by atoms with Gasteiger partial charge in [-0.1, -0.05) is 12.1 Å². The number of nitrogens with zero attached hydrogens (tertiary/aromatic N) is 2. The molecular weight excluding hydrogens is 354 g/mol. The molecule has 0 atom stereocenters. The number of thiophene rings is 1. The van der Waals surface area contributed by atoms with E-state index in [1.165, 1.54) is 10.4 Å². The van der Waals surface area contributed by atoms with Gasteiger partial charge in [0.15, 0.2) is 0 Å². The standard InChI is InChI=1S/C22H23N3OS/c1-14-9-10-27-20(14)13-25(19-7-8-19)22(26)17-5-3-16(4-6-17)18-11-15(2)21(23)24-12-18/h3-6,9-12,19H,7-8,13H2,1-2H3,(H2,23,24). The van der Waals surface area contributed by atoms with Gasteiger partial charge in [-0.2, -0.15) is 0 Å². The molecule has 0 bridgehead atoms. The molecule has 0 aliphatic heterocycles. The van der Waals surface area contributed by atoms with Crippen LogP contribution in [0, 0.1) is 13.8 Å². The third kappa shape index (κ3) is 3.74. The number of nitrogen functional groups attached to an aromatic ring is 1. The Bertz CT molecular complexity index is 973. The summed E-state index contributed by atoms with van der Waals surface area (Å²) in [5.41, 5.74) is 10.8. The highest BCUT2D eigenvalue weighted by atomic mass is 32.1. The van der Waals surface area contributed by atoms with Crippen molar-refractivity contribution in [1.82, 2.24) is 9.88 Å². The van der Waals surface area contributed by atoms with Gasteiger partial charge in [0.05, 0.1) is 6.54 Å². The van der Waals surface area contributed by atoms with E-state index in [4.69, 9.17) is 5.73 Å². The van der Waals surface area contributed by atoms with Crippen molar-refractivity contribution >= 4 is 23.1 Å². The minimum atomic E-state index is 0.114. The molecule has 2 N–H and O–H groups in total. The summed E-state index contributed by atoms with van der Waals surface area (Å²) < 4.78 is 0. The molecule has 1 aromatic carbocycles. The van der Waals surface area contributed by atoms with Crippen molar-refractivity contribution < 1.29 is 4.79 Å². The van der Waals surface area contributed by atoms with Crippen LogP contribution in [0.3, 0.4) is 0 Å². The van der Waals surface area contributed by atoms with E-state index in [-0.39, 0.29) is 5.91 Å². The largest absolute Gasteiger partial charge is 0.383 e. The van der Waals surface area contributed by atoms with Crippen LogP contribution in [0.5, 0.6) is 0 Å². The van der Waals surface area contributed by atoms with Crippen LogP contribution in [0.4, 0.5) is 5.82 Å². The maximum absolute atomic E-state index is 13.1. The van der Waals surface area contributed by atoms with Crippen molar-refractivity contribution in [3.63, 3.8) is 0 Å². The van der Waals surface area contributed by atoms with E-state index in [0.717, 1.165) is 35.1 Å². The maximum atomic E-state index is 13.1. The average Bonchev–Trinajstić information content (AvgIpc) is 3.44. The van der Waals surface area contributed by atoms with Crippen molar-refractivity contribution in [3.8, 4) is 11.1 Å². The monoisotopic (exact) mass is 377 g/mol. The Hall–Kier alpha value is -2.66. The zero-order valence-corrected chi connectivity index (χ0v) is 16.4. The van der Waals surface area contributed by atoms with Crippen molar-refractivity contribution in [2.45, 2.75) is 39.3 Å². The first kappa shape index (κ1) is 17.7. The number of amides is 1. The van der Waals surface area contributed by atoms with Gasteiger partial charge in [-0.15, -0.1) is 11.3 Å². The van der Waals surface area contributed by atoms with Crippen LogP contribution in [-0.2, 0) is 6.54 Å². The van der Waals surface area contributed by atoms with E-state index in [1.807, 2.05) is 42.2 Å². The average molecular weight is 378 g/mol. The first-order valence-corrected chi connectivity index (χ1v) is 10.1. The fourth-order valence-electron chi connectivity index (χ4n) is 3.19. The SMILES string of the molecule is Cc1cc(-c2ccc(C(=O)N(Cc3sccc3C)C3CC3)cc2)cnc1N. The second kappa shape index (κ2) is 7.16. The van der Waals surface area contributed by atoms with Gasteiger partial charge in [-0.25, -0.2) is 4.98 Å². The van der Waals surface area contributed by atoms with Gasteiger partial charge >= 0.3 is 0 Å². The first-order valence-electron chi connectivity index (χ1n) is 9.19. The number of carbonyl (C=O) groups excluding carboxylic acids is 1.